The van der Waals surface area contributed by atoms with Gasteiger partial charge in [0.1, 0.15) is 6.61 Å². The van der Waals surface area contributed by atoms with Crippen LogP contribution in [-0.2, 0) is 9.47 Å². The van der Waals surface area contributed by atoms with Gasteiger partial charge in [0.25, 0.3) is 0 Å². The molecule has 0 fully saturated rings. The van der Waals surface area contributed by atoms with E-state index in [0.717, 1.165) is 0 Å². The number of nitrogens with zero attached hydrogens (tertiary/aromatic N) is 2. The molecule has 0 spiro atoms. The fraction of sp³-hybridized carbons (Fsp3) is 0.727. The van der Waals surface area contributed by atoms with E-state index in [1.165, 1.54) is 11.6 Å². The number of alkyl halides is 3. The number of rotatable bonds is 7. The predicted octanol–water partition coefficient (Wildman–Crippen LogP) is 2.39. The van der Waals surface area contributed by atoms with E-state index in [2.05, 4.69) is 9.84 Å². The molecule has 1 unspecified atom stereocenters. The Morgan fingerprint density at radius 1 is 1.32 bits per heavy atom. The highest BCUT2D eigenvalue weighted by Gasteiger charge is 2.34. The molecule has 0 aromatic carbocycles. The van der Waals surface area contributed by atoms with Crippen molar-refractivity contribution in [3.63, 3.8) is 0 Å². The van der Waals surface area contributed by atoms with Crippen molar-refractivity contribution in [3.8, 4) is 5.88 Å². The van der Waals surface area contributed by atoms with Crippen molar-refractivity contribution in [2.75, 3.05) is 20.3 Å². The highest BCUT2D eigenvalue weighted by molar-refractivity contribution is 5.06. The van der Waals surface area contributed by atoms with Crippen LogP contribution in [0.4, 0.5) is 13.2 Å². The first-order valence-electron chi connectivity index (χ1n) is 5.75. The second-order valence-corrected chi connectivity index (χ2v) is 3.98. The third-order valence-electron chi connectivity index (χ3n) is 2.54. The quantitative estimate of drug-likeness (QED) is 0.720. The van der Waals surface area contributed by atoms with Crippen LogP contribution < -0.4 is 4.74 Å². The zero-order chi connectivity index (χ0) is 14.5. The topological polar surface area (TPSA) is 45.5 Å². The fourth-order valence-corrected chi connectivity index (χ4v) is 1.38. The van der Waals surface area contributed by atoms with Gasteiger partial charge < -0.3 is 9.47 Å². The summed E-state index contributed by atoms with van der Waals surface area (Å²) in [6.45, 7) is 3.67. The molecule has 0 aliphatic carbocycles. The molecule has 0 aliphatic heterocycles. The number of methoxy groups -OCH3 is 1. The molecule has 0 amide bonds. The number of hydrogen-bond acceptors (Lipinski definition) is 4. The lowest BCUT2D eigenvalue weighted by atomic mass is 10.2. The second kappa shape index (κ2) is 6.76. The van der Waals surface area contributed by atoms with Gasteiger partial charge in [-0.2, -0.15) is 0 Å². The molecular formula is C11H17F3N2O3. The van der Waals surface area contributed by atoms with E-state index in [1.807, 2.05) is 0 Å². The van der Waals surface area contributed by atoms with Crippen molar-refractivity contribution in [1.29, 1.82) is 0 Å². The van der Waals surface area contributed by atoms with Crippen LogP contribution in [0.25, 0.3) is 0 Å². The number of halogens is 3. The van der Waals surface area contributed by atoms with E-state index in [-0.39, 0.29) is 0 Å². The Hall–Kier alpha value is -1.28. The van der Waals surface area contributed by atoms with Crippen LogP contribution in [0.2, 0.25) is 0 Å². The maximum Gasteiger partial charge on any atom is 0.522 e. The summed E-state index contributed by atoms with van der Waals surface area (Å²) in [7, 11) is 1.54. The number of aromatic nitrogens is 2. The molecule has 0 saturated carbocycles. The first kappa shape index (κ1) is 15.8. The Kier molecular flexibility index (Phi) is 5.61. The van der Waals surface area contributed by atoms with Crippen molar-refractivity contribution in [2.24, 2.45) is 0 Å². The van der Waals surface area contributed by atoms with Crippen LogP contribution >= 0.6 is 0 Å². The van der Waals surface area contributed by atoms with Gasteiger partial charge in [-0.05, 0) is 13.8 Å². The van der Waals surface area contributed by atoms with Gasteiger partial charge in [0.2, 0.25) is 5.88 Å². The zero-order valence-corrected chi connectivity index (χ0v) is 11.0. The average molecular weight is 282 g/mol. The lowest BCUT2D eigenvalue weighted by Crippen LogP contribution is -2.28. The third kappa shape index (κ3) is 5.48. The van der Waals surface area contributed by atoms with Gasteiger partial charge in [-0.15, -0.1) is 18.3 Å². The van der Waals surface area contributed by atoms with Gasteiger partial charge in [-0.3, -0.25) is 9.42 Å². The van der Waals surface area contributed by atoms with E-state index in [9.17, 15) is 13.2 Å². The molecule has 1 aromatic rings. The molecule has 5 nitrogen and oxygen atoms in total. The van der Waals surface area contributed by atoms with Crippen molar-refractivity contribution >= 4 is 0 Å². The van der Waals surface area contributed by atoms with E-state index in [4.69, 9.17) is 9.47 Å². The second-order valence-electron chi connectivity index (χ2n) is 3.98. The van der Waals surface area contributed by atoms with Crippen LogP contribution in [0.1, 0.15) is 19.9 Å². The average Bonchev–Trinajstić information content (AvgIpc) is 2.75. The standard InChI is InChI=1S/C11H17F3N2O3/c1-8(9(2)19-11(12,13)14)16-5-4-10(15-16)18-7-6-17-3/h4-5,8-9H,6-7H2,1-3H3/t8-,9?/m0/s1. The minimum atomic E-state index is -4.65. The van der Waals surface area contributed by atoms with Gasteiger partial charge in [0, 0.05) is 19.4 Å². The first-order valence-corrected chi connectivity index (χ1v) is 5.75. The van der Waals surface area contributed by atoms with Crippen LogP contribution in [0, 0.1) is 0 Å². The zero-order valence-electron chi connectivity index (χ0n) is 11.0. The van der Waals surface area contributed by atoms with Gasteiger partial charge in [0.15, 0.2) is 0 Å². The Morgan fingerprint density at radius 2 is 2.00 bits per heavy atom. The SMILES string of the molecule is COCCOc1ccn([C@@H](C)C(C)OC(F)(F)F)n1. The maximum atomic E-state index is 12.1. The minimum Gasteiger partial charge on any atom is -0.474 e. The summed E-state index contributed by atoms with van der Waals surface area (Å²) in [5.74, 6) is 0.336. The van der Waals surface area contributed by atoms with Crippen molar-refractivity contribution in [1.82, 2.24) is 9.78 Å². The highest BCUT2D eigenvalue weighted by atomic mass is 19.4. The lowest BCUT2D eigenvalue weighted by molar-refractivity contribution is -0.344. The highest BCUT2D eigenvalue weighted by Crippen LogP contribution is 2.24. The summed E-state index contributed by atoms with van der Waals surface area (Å²) in [5, 5.41) is 4.02. The summed E-state index contributed by atoms with van der Waals surface area (Å²) < 4.78 is 51.7. The van der Waals surface area contributed by atoms with Crippen LogP contribution in [-0.4, -0.2) is 42.6 Å². The van der Waals surface area contributed by atoms with Gasteiger partial charge in [0.05, 0.1) is 18.8 Å². The number of hydrogen-bond donors (Lipinski definition) is 0. The fourth-order valence-electron chi connectivity index (χ4n) is 1.38. The molecule has 1 aromatic heterocycles. The Balaban J connectivity index is 2.55. The van der Waals surface area contributed by atoms with E-state index in [1.54, 1.807) is 26.3 Å². The van der Waals surface area contributed by atoms with Gasteiger partial charge in [-0.25, -0.2) is 0 Å². The maximum absolute atomic E-state index is 12.1. The Labute approximate surface area is 109 Å². The monoisotopic (exact) mass is 282 g/mol. The molecule has 0 aliphatic rings. The predicted molar refractivity (Wildman–Crippen MR) is 60.9 cm³/mol. The largest absolute Gasteiger partial charge is 0.522 e. The number of ether oxygens (including phenoxy) is 3. The molecule has 2 atom stereocenters. The molecule has 110 valence electrons. The van der Waals surface area contributed by atoms with E-state index >= 15 is 0 Å². The summed E-state index contributed by atoms with van der Waals surface area (Å²) >= 11 is 0. The normalized spacial score (nSPS) is 15.3. The lowest BCUT2D eigenvalue weighted by Gasteiger charge is -2.21. The summed E-state index contributed by atoms with van der Waals surface area (Å²) in [5.41, 5.74) is 0. The van der Waals surface area contributed by atoms with Gasteiger partial charge in [-0.1, -0.05) is 0 Å². The Morgan fingerprint density at radius 3 is 2.58 bits per heavy atom. The minimum absolute atomic E-state index is 0.330. The molecule has 19 heavy (non-hydrogen) atoms. The van der Waals surface area contributed by atoms with E-state index in [0.29, 0.717) is 19.1 Å². The van der Waals surface area contributed by atoms with Crippen LogP contribution in [0.5, 0.6) is 5.88 Å². The molecule has 8 heteroatoms. The third-order valence-corrected chi connectivity index (χ3v) is 2.54. The van der Waals surface area contributed by atoms with Crippen LogP contribution in [0.3, 0.4) is 0 Å². The molecule has 0 saturated heterocycles. The van der Waals surface area contributed by atoms with Gasteiger partial charge >= 0.3 is 6.36 Å². The Bertz CT molecular complexity index is 382. The first-order chi connectivity index (χ1) is 8.83. The van der Waals surface area contributed by atoms with E-state index < -0.39 is 18.5 Å². The molecular weight excluding hydrogens is 265 g/mol. The molecule has 1 rings (SSSR count). The summed E-state index contributed by atoms with van der Waals surface area (Å²) in [6, 6.07) is 1.01. The van der Waals surface area contributed by atoms with Crippen molar-refractivity contribution < 1.29 is 27.4 Å². The molecule has 0 bridgehead atoms. The molecule has 0 radical (unpaired) electrons. The van der Waals surface area contributed by atoms with Crippen molar-refractivity contribution in [2.45, 2.75) is 32.4 Å². The molecule has 1 heterocycles. The molecule has 0 N–H and O–H groups in total. The van der Waals surface area contributed by atoms with Crippen molar-refractivity contribution in [3.05, 3.63) is 12.3 Å². The van der Waals surface area contributed by atoms with Crippen LogP contribution in [0.15, 0.2) is 12.3 Å². The summed E-state index contributed by atoms with van der Waals surface area (Å²) in [6.07, 6.45) is -4.16. The summed E-state index contributed by atoms with van der Waals surface area (Å²) in [4.78, 5) is 0. The smallest absolute Gasteiger partial charge is 0.474 e.